The van der Waals surface area contributed by atoms with Crippen LogP contribution in [-0.4, -0.2) is 47.5 Å². The molecule has 0 aliphatic carbocycles. The fourth-order valence-corrected chi connectivity index (χ4v) is 2.03. The number of carbonyl (C=O) groups excluding carboxylic acids is 1. The zero-order valence-corrected chi connectivity index (χ0v) is 10.9. The normalized spacial score (nSPS) is 14.7. The maximum absolute atomic E-state index is 11.9. The van der Waals surface area contributed by atoms with Crippen LogP contribution in [0.25, 0.3) is 0 Å². The summed E-state index contributed by atoms with van der Waals surface area (Å²) >= 11 is 0. The van der Waals surface area contributed by atoms with Gasteiger partial charge in [0.15, 0.2) is 0 Å². The van der Waals surface area contributed by atoms with E-state index in [9.17, 15) is 4.79 Å². The van der Waals surface area contributed by atoms with Crippen molar-refractivity contribution in [2.24, 2.45) is 0 Å². The van der Waals surface area contributed by atoms with Crippen LogP contribution in [0.4, 0.5) is 11.6 Å². The molecule has 6 nitrogen and oxygen atoms in total. The minimum atomic E-state index is 0.134. The SMILES string of the molecule is CNc1cc(NCC(=O)N2CCCC2)nc(C)n1. The number of rotatable bonds is 4. The molecule has 0 radical (unpaired) electrons. The fourth-order valence-electron chi connectivity index (χ4n) is 2.03. The van der Waals surface area contributed by atoms with Crippen molar-refractivity contribution in [2.75, 3.05) is 37.3 Å². The number of hydrogen-bond donors (Lipinski definition) is 2. The van der Waals surface area contributed by atoms with E-state index in [1.54, 1.807) is 13.1 Å². The number of amides is 1. The Balaban J connectivity index is 1.92. The first-order valence-electron chi connectivity index (χ1n) is 6.24. The Morgan fingerprint density at radius 2 is 2.00 bits per heavy atom. The van der Waals surface area contributed by atoms with Crippen LogP contribution >= 0.6 is 0 Å². The standard InChI is InChI=1S/C12H19N5O/c1-9-15-10(13-2)7-11(16-9)14-8-12(18)17-5-3-4-6-17/h7H,3-6,8H2,1-2H3,(H2,13,14,15,16). The molecule has 1 aliphatic rings. The third-order valence-corrected chi connectivity index (χ3v) is 2.97. The summed E-state index contributed by atoms with van der Waals surface area (Å²) in [6, 6.07) is 1.80. The number of aromatic nitrogens is 2. The second kappa shape index (κ2) is 5.66. The van der Waals surface area contributed by atoms with Gasteiger partial charge in [-0.25, -0.2) is 9.97 Å². The number of aryl methyl sites for hydroxylation is 1. The largest absolute Gasteiger partial charge is 0.373 e. The molecule has 0 bridgehead atoms. The van der Waals surface area contributed by atoms with Crippen LogP contribution in [0.1, 0.15) is 18.7 Å². The Morgan fingerprint density at radius 3 is 2.67 bits per heavy atom. The first-order valence-corrected chi connectivity index (χ1v) is 6.24. The highest BCUT2D eigenvalue weighted by Gasteiger charge is 2.17. The molecule has 0 unspecified atom stereocenters. The average molecular weight is 249 g/mol. The molecule has 2 N–H and O–H groups in total. The van der Waals surface area contributed by atoms with E-state index >= 15 is 0 Å². The molecule has 1 aliphatic heterocycles. The van der Waals surface area contributed by atoms with Crippen LogP contribution in [0.15, 0.2) is 6.07 Å². The predicted octanol–water partition coefficient (Wildman–Crippen LogP) is 0.861. The van der Waals surface area contributed by atoms with Crippen molar-refractivity contribution in [1.82, 2.24) is 14.9 Å². The van der Waals surface area contributed by atoms with Crippen molar-refractivity contribution in [2.45, 2.75) is 19.8 Å². The number of nitrogens with zero attached hydrogens (tertiary/aromatic N) is 3. The quantitative estimate of drug-likeness (QED) is 0.828. The lowest BCUT2D eigenvalue weighted by Gasteiger charge is -2.16. The van der Waals surface area contributed by atoms with Crippen molar-refractivity contribution in [3.05, 3.63) is 11.9 Å². The summed E-state index contributed by atoms with van der Waals surface area (Å²) in [4.78, 5) is 22.2. The van der Waals surface area contributed by atoms with Gasteiger partial charge in [-0.2, -0.15) is 0 Å². The van der Waals surface area contributed by atoms with Gasteiger partial charge in [0.05, 0.1) is 6.54 Å². The maximum atomic E-state index is 11.9. The molecule has 98 valence electrons. The van der Waals surface area contributed by atoms with Crippen molar-refractivity contribution in [1.29, 1.82) is 0 Å². The van der Waals surface area contributed by atoms with Gasteiger partial charge in [0.2, 0.25) is 5.91 Å². The van der Waals surface area contributed by atoms with Gasteiger partial charge < -0.3 is 15.5 Å². The van der Waals surface area contributed by atoms with Crippen LogP contribution in [0.5, 0.6) is 0 Å². The molecule has 1 amide bonds. The number of anilines is 2. The molecule has 1 aromatic heterocycles. The molecule has 6 heteroatoms. The topological polar surface area (TPSA) is 70.2 Å². The number of likely N-dealkylation sites (tertiary alicyclic amines) is 1. The van der Waals surface area contributed by atoms with Gasteiger partial charge in [-0.05, 0) is 19.8 Å². The summed E-state index contributed by atoms with van der Waals surface area (Å²) in [5.74, 6) is 2.24. The number of nitrogens with one attached hydrogen (secondary N) is 2. The summed E-state index contributed by atoms with van der Waals surface area (Å²) in [5, 5.41) is 6.02. The van der Waals surface area contributed by atoms with Gasteiger partial charge in [-0.1, -0.05) is 0 Å². The highest BCUT2D eigenvalue weighted by atomic mass is 16.2. The Hall–Kier alpha value is -1.85. The lowest BCUT2D eigenvalue weighted by molar-refractivity contribution is -0.128. The van der Waals surface area contributed by atoms with E-state index in [-0.39, 0.29) is 5.91 Å². The molecule has 2 rings (SSSR count). The van der Waals surface area contributed by atoms with Crippen LogP contribution in [0.3, 0.4) is 0 Å². The number of hydrogen-bond acceptors (Lipinski definition) is 5. The van der Waals surface area contributed by atoms with Crippen LogP contribution in [-0.2, 0) is 4.79 Å². The first-order chi connectivity index (χ1) is 8.69. The summed E-state index contributed by atoms with van der Waals surface area (Å²) in [5.41, 5.74) is 0. The summed E-state index contributed by atoms with van der Waals surface area (Å²) in [6.07, 6.45) is 2.23. The van der Waals surface area contributed by atoms with Crippen molar-refractivity contribution in [3.63, 3.8) is 0 Å². The van der Waals surface area contributed by atoms with E-state index in [1.165, 1.54) is 0 Å². The van der Waals surface area contributed by atoms with E-state index in [0.29, 0.717) is 18.2 Å². The van der Waals surface area contributed by atoms with Gasteiger partial charge in [0, 0.05) is 26.2 Å². The Morgan fingerprint density at radius 1 is 1.33 bits per heavy atom. The molecule has 18 heavy (non-hydrogen) atoms. The summed E-state index contributed by atoms with van der Waals surface area (Å²) in [7, 11) is 1.81. The van der Waals surface area contributed by atoms with Crippen molar-refractivity contribution in [3.8, 4) is 0 Å². The van der Waals surface area contributed by atoms with E-state index < -0.39 is 0 Å². The highest BCUT2D eigenvalue weighted by molar-refractivity contribution is 5.80. The Kier molecular flexibility index (Phi) is 3.96. The van der Waals surface area contributed by atoms with Crippen LogP contribution < -0.4 is 10.6 Å². The monoisotopic (exact) mass is 249 g/mol. The fraction of sp³-hybridized carbons (Fsp3) is 0.583. The van der Waals surface area contributed by atoms with Crippen molar-refractivity contribution >= 4 is 17.5 Å². The lowest BCUT2D eigenvalue weighted by Crippen LogP contribution is -2.33. The zero-order chi connectivity index (χ0) is 13.0. The van der Waals surface area contributed by atoms with Crippen LogP contribution in [0, 0.1) is 6.92 Å². The predicted molar refractivity (Wildman–Crippen MR) is 70.6 cm³/mol. The first kappa shape index (κ1) is 12.6. The highest BCUT2D eigenvalue weighted by Crippen LogP contribution is 2.11. The number of carbonyl (C=O) groups is 1. The van der Waals surface area contributed by atoms with E-state index in [2.05, 4.69) is 20.6 Å². The van der Waals surface area contributed by atoms with Gasteiger partial charge in [-0.3, -0.25) is 4.79 Å². The third kappa shape index (κ3) is 3.09. The van der Waals surface area contributed by atoms with Crippen molar-refractivity contribution < 1.29 is 4.79 Å². The minimum absolute atomic E-state index is 0.134. The molecule has 1 fully saturated rings. The summed E-state index contributed by atoms with van der Waals surface area (Å²) in [6.45, 7) is 3.88. The molecule has 0 spiro atoms. The molecular formula is C12H19N5O. The van der Waals surface area contributed by atoms with Gasteiger partial charge in [0.25, 0.3) is 0 Å². The Labute approximate surface area is 107 Å². The molecular weight excluding hydrogens is 230 g/mol. The van der Waals surface area contributed by atoms with E-state index in [0.717, 1.165) is 31.7 Å². The average Bonchev–Trinajstić information content (AvgIpc) is 2.89. The molecule has 0 atom stereocenters. The maximum Gasteiger partial charge on any atom is 0.241 e. The van der Waals surface area contributed by atoms with Gasteiger partial charge in [0.1, 0.15) is 17.5 Å². The zero-order valence-electron chi connectivity index (χ0n) is 10.9. The second-order valence-electron chi connectivity index (χ2n) is 4.38. The molecule has 0 saturated carbocycles. The van der Waals surface area contributed by atoms with E-state index in [1.807, 2.05) is 11.8 Å². The summed E-state index contributed by atoms with van der Waals surface area (Å²) < 4.78 is 0. The molecule has 0 aromatic carbocycles. The Bertz CT molecular complexity index is 428. The minimum Gasteiger partial charge on any atom is -0.373 e. The van der Waals surface area contributed by atoms with Gasteiger partial charge in [-0.15, -0.1) is 0 Å². The molecule has 1 saturated heterocycles. The molecule has 2 heterocycles. The molecule has 1 aromatic rings. The van der Waals surface area contributed by atoms with Gasteiger partial charge >= 0.3 is 0 Å². The van der Waals surface area contributed by atoms with E-state index in [4.69, 9.17) is 0 Å². The van der Waals surface area contributed by atoms with Crippen LogP contribution in [0.2, 0.25) is 0 Å². The lowest BCUT2D eigenvalue weighted by atomic mass is 10.4. The second-order valence-corrected chi connectivity index (χ2v) is 4.38. The smallest absolute Gasteiger partial charge is 0.241 e. The third-order valence-electron chi connectivity index (χ3n) is 2.97.